The van der Waals surface area contributed by atoms with Gasteiger partial charge in [-0.05, 0) is 50.5 Å². The van der Waals surface area contributed by atoms with Crippen molar-refractivity contribution in [1.82, 2.24) is 0 Å². The van der Waals surface area contributed by atoms with Crippen LogP contribution < -0.4 is 0 Å². The highest BCUT2D eigenvalue weighted by atomic mass is 33.1. The topological polar surface area (TPSA) is 36.9 Å². The van der Waals surface area contributed by atoms with Crippen LogP contribution in [0.2, 0.25) is 0 Å². The fraction of sp³-hybridized carbons (Fsp3) is 0.667. The number of hydrogen-bond donors (Lipinski definition) is 0. The summed E-state index contributed by atoms with van der Waals surface area (Å²) in [5.74, 6) is 0. The van der Waals surface area contributed by atoms with E-state index < -0.39 is 11.4 Å². The van der Waals surface area contributed by atoms with Gasteiger partial charge in [0.2, 0.25) is 19.4 Å². The van der Waals surface area contributed by atoms with Crippen LogP contribution in [-0.2, 0) is 18.9 Å². The maximum atomic E-state index is 5.58. The van der Waals surface area contributed by atoms with Crippen molar-refractivity contribution in [3.05, 3.63) is 0 Å². The zero-order chi connectivity index (χ0) is 14.5. The van der Waals surface area contributed by atoms with Crippen LogP contribution in [0.5, 0.6) is 0 Å². The van der Waals surface area contributed by atoms with E-state index in [0.717, 1.165) is 11.8 Å². The lowest BCUT2D eigenvalue weighted by molar-refractivity contribution is -0.201. The lowest BCUT2D eigenvalue weighted by Crippen LogP contribution is -2.40. The molecule has 1 heterocycles. The summed E-state index contributed by atoms with van der Waals surface area (Å²) < 4.78 is 22.5. The van der Waals surface area contributed by atoms with Crippen LogP contribution in [0.3, 0.4) is 0 Å². The van der Waals surface area contributed by atoms with E-state index in [-0.39, 0.29) is 0 Å². The molecule has 0 radical (unpaired) electrons. The first-order valence-corrected chi connectivity index (χ1v) is 9.35. The molecule has 1 rings (SSSR count). The number of thioether (sulfide) groups is 1. The second kappa shape index (κ2) is 8.20. The molecule has 1 aliphatic heterocycles. The van der Waals surface area contributed by atoms with Gasteiger partial charge in [-0.15, -0.1) is 0 Å². The molecule has 0 bridgehead atoms. The van der Waals surface area contributed by atoms with Crippen LogP contribution in [-0.4, -0.2) is 31.2 Å². The summed E-state index contributed by atoms with van der Waals surface area (Å²) in [6.07, 6.45) is -0.469. The molecule has 1 fully saturated rings. The molecule has 4 nitrogen and oxygen atoms in total. The zero-order valence-electron chi connectivity index (χ0n) is 10.4. The summed E-state index contributed by atoms with van der Waals surface area (Å²) in [6.45, 7) is 5.87. The van der Waals surface area contributed by atoms with Crippen LogP contribution in [0.1, 0.15) is 20.8 Å². The number of rotatable bonds is 2. The molecule has 10 heteroatoms. The van der Waals surface area contributed by atoms with E-state index in [4.69, 9.17) is 55.6 Å². The minimum absolute atomic E-state index is 0.291. The Morgan fingerprint density at radius 3 is 2.63 bits per heavy atom. The minimum atomic E-state index is -0.980. The summed E-state index contributed by atoms with van der Waals surface area (Å²) in [4.78, 5) is 0. The molecule has 0 aliphatic carbocycles. The Kier molecular flexibility index (Phi) is 7.65. The summed E-state index contributed by atoms with van der Waals surface area (Å²) in [5, 5.41) is -0.980. The van der Waals surface area contributed by atoms with Gasteiger partial charge >= 0.3 is 0 Å². The Hall–Kier alpha value is 0.680. The monoisotopic (exact) mass is 376 g/mol. The molecule has 0 aromatic rings. The van der Waals surface area contributed by atoms with Crippen molar-refractivity contribution in [2.24, 2.45) is 0 Å². The van der Waals surface area contributed by atoms with Gasteiger partial charge in [-0.25, -0.2) is 0 Å². The van der Waals surface area contributed by atoms with E-state index in [0.29, 0.717) is 19.8 Å². The third-order valence-corrected chi connectivity index (χ3v) is 5.83. The molecule has 2 unspecified atom stereocenters. The first kappa shape index (κ1) is 17.7. The fourth-order valence-electron chi connectivity index (χ4n) is 1.08. The number of ether oxygens (including phenoxy) is 4. The Bertz CT molecular complexity index is 376. The van der Waals surface area contributed by atoms with Crippen molar-refractivity contribution < 1.29 is 18.9 Å². The summed E-state index contributed by atoms with van der Waals surface area (Å²) in [6, 6.07) is 0. The average Bonchev–Trinajstić information content (AvgIpc) is 2.24. The van der Waals surface area contributed by atoms with E-state index in [1.54, 1.807) is 13.8 Å². The molecule has 0 spiro atoms. The summed E-state index contributed by atoms with van der Waals surface area (Å²) in [7, 11) is 2.43. The van der Waals surface area contributed by atoms with Gasteiger partial charge in [-0.2, -0.15) is 0 Å². The first-order valence-electron chi connectivity index (χ1n) is 5.16. The van der Waals surface area contributed by atoms with Crippen molar-refractivity contribution >= 4 is 83.2 Å². The summed E-state index contributed by atoms with van der Waals surface area (Å²) >= 11 is 16.2. The Morgan fingerprint density at radius 2 is 2.05 bits per heavy atom. The number of thiocarbonyl (C=S) groups is 3. The van der Waals surface area contributed by atoms with Crippen molar-refractivity contribution in [1.29, 1.82) is 0 Å². The van der Waals surface area contributed by atoms with E-state index in [1.807, 2.05) is 6.92 Å². The van der Waals surface area contributed by atoms with Crippen LogP contribution in [0.4, 0.5) is 0 Å². The fourth-order valence-corrected chi connectivity index (χ4v) is 4.61. The third-order valence-electron chi connectivity index (χ3n) is 1.62. The largest absolute Gasteiger partial charge is 0.478 e. The molecular weight excluding hydrogens is 364 g/mol. The maximum absolute atomic E-state index is 5.58. The molecule has 0 saturated carbocycles. The SMILES string of the molecule is CCOC(=S)SSC(=S)OC1(C)OC(C)OC(=S)S1. The predicted octanol–water partition coefficient (Wildman–Crippen LogP) is 4.08. The smallest absolute Gasteiger partial charge is 0.270 e. The van der Waals surface area contributed by atoms with Gasteiger partial charge in [-0.3, -0.25) is 4.74 Å². The van der Waals surface area contributed by atoms with Gasteiger partial charge in [0.15, 0.2) is 0 Å². The molecule has 19 heavy (non-hydrogen) atoms. The van der Waals surface area contributed by atoms with Gasteiger partial charge in [0.25, 0.3) is 5.12 Å². The highest BCUT2D eigenvalue weighted by Gasteiger charge is 2.39. The Morgan fingerprint density at radius 1 is 1.42 bits per heavy atom. The lowest BCUT2D eigenvalue weighted by atomic mass is 10.7. The number of hydrogen-bond acceptors (Lipinski definition) is 10. The normalized spacial score (nSPS) is 26.5. The quantitative estimate of drug-likeness (QED) is 0.520. The van der Waals surface area contributed by atoms with E-state index in [9.17, 15) is 0 Å². The van der Waals surface area contributed by atoms with Crippen LogP contribution in [0, 0.1) is 0 Å². The molecule has 0 aromatic heterocycles. The molecule has 0 N–H and O–H groups in total. The van der Waals surface area contributed by atoms with Crippen LogP contribution in [0.15, 0.2) is 0 Å². The second-order valence-electron chi connectivity index (χ2n) is 3.22. The highest BCUT2D eigenvalue weighted by Crippen LogP contribution is 2.38. The molecule has 1 saturated heterocycles. The van der Waals surface area contributed by atoms with Gasteiger partial charge < -0.3 is 14.2 Å². The van der Waals surface area contributed by atoms with Crippen molar-refractivity contribution in [3.8, 4) is 0 Å². The molecule has 0 aromatic carbocycles. The Balaban J connectivity index is 2.42. The average molecular weight is 377 g/mol. The molecule has 0 amide bonds. The van der Waals surface area contributed by atoms with E-state index >= 15 is 0 Å². The van der Waals surface area contributed by atoms with Gasteiger partial charge in [0.05, 0.1) is 6.61 Å². The molecule has 108 valence electrons. The van der Waals surface area contributed by atoms with Crippen molar-refractivity contribution in [2.45, 2.75) is 32.2 Å². The van der Waals surface area contributed by atoms with Crippen molar-refractivity contribution in [3.63, 3.8) is 0 Å². The third kappa shape index (κ3) is 6.78. The highest BCUT2D eigenvalue weighted by molar-refractivity contribution is 8.89. The molecular formula is C9H12O4S6. The summed E-state index contributed by atoms with van der Waals surface area (Å²) in [5.41, 5.74) is 0. The van der Waals surface area contributed by atoms with Crippen LogP contribution >= 0.6 is 70.0 Å². The van der Waals surface area contributed by atoms with E-state index in [1.165, 1.54) is 21.6 Å². The first-order chi connectivity index (χ1) is 8.84. The molecule has 1 aliphatic rings. The maximum Gasteiger partial charge on any atom is 0.270 e. The Labute approximate surface area is 140 Å². The van der Waals surface area contributed by atoms with Crippen LogP contribution in [0.25, 0.3) is 0 Å². The van der Waals surface area contributed by atoms with Gasteiger partial charge in [0, 0.05) is 40.3 Å². The van der Waals surface area contributed by atoms with Crippen molar-refractivity contribution in [2.75, 3.05) is 6.61 Å². The predicted molar refractivity (Wildman–Crippen MR) is 93.3 cm³/mol. The minimum Gasteiger partial charge on any atom is -0.478 e. The lowest BCUT2D eigenvalue weighted by Gasteiger charge is -2.35. The van der Waals surface area contributed by atoms with Gasteiger partial charge in [-0.1, -0.05) is 0 Å². The zero-order valence-corrected chi connectivity index (χ0v) is 15.3. The van der Waals surface area contributed by atoms with Gasteiger partial charge in [0.1, 0.15) is 0 Å². The molecule has 2 atom stereocenters. The standard InChI is InChI=1S/C9H12O4S6/c1-4-10-6(14)18-19-8(16)13-9(3)12-5(2)11-7(15)17-9/h5H,4H2,1-3H3. The second-order valence-corrected chi connectivity index (χ2v) is 8.50. The van der Waals surface area contributed by atoms with E-state index in [2.05, 4.69) is 0 Å².